The summed E-state index contributed by atoms with van der Waals surface area (Å²) in [5.74, 6) is 1.27. The van der Waals surface area contributed by atoms with E-state index in [0.29, 0.717) is 23.0 Å². The molecule has 1 unspecified atom stereocenters. The lowest BCUT2D eigenvalue weighted by atomic mass is 10.1. The number of amides is 5. The molecule has 2 heterocycles. The molecule has 5 amide bonds. The predicted octanol–water partition coefficient (Wildman–Crippen LogP) is 7.05. The third-order valence-corrected chi connectivity index (χ3v) is 8.15. The maximum Gasteiger partial charge on any atom is 0.324 e. The quantitative estimate of drug-likeness (QED) is 0.0722. The molecule has 1 atom stereocenters. The SMILES string of the molecule is CCCC(I)c1cc(NC(=O)Nc2ccc(Oc3ccnc(NC(=O)CNC(N)=O)c3)c3ccccc23)n(-c2ccc(C)cc2)n1. The van der Waals surface area contributed by atoms with Gasteiger partial charge in [0.25, 0.3) is 0 Å². The molecule has 0 aliphatic rings. The Morgan fingerprint density at radius 2 is 1.72 bits per heavy atom. The zero-order valence-electron chi connectivity index (χ0n) is 25.2. The molecule has 3 aromatic carbocycles. The van der Waals surface area contributed by atoms with Crippen LogP contribution in [0.5, 0.6) is 11.5 Å². The fourth-order valence-electron chi connectivity index (χ4n) is 4.69. The van der Waals surface area contributed by atoms with Crippen molar-refractivity contribution in [3.05, 3.63) is 96.3 Å². The molecule has 0 radical (unpaired) electrons. The lowest BCUT2D eigenvalue weighted by Gasteiger charge is -2.15. The number of ether oxygens (including phenoxy) is 1. The number of fused-ring (bicyclic) bond motifs is 1. The summed E-state index contributed by atoms with van der Waals surface area (Å²) >= 11 is 2.39. The first-order chi connectivity index (χ1) is 22.2. The molecule has 0 aliphatic heterocycles. The third kappa shape index (κ3) is 8.10. The number of nitrogens with one attached hydrogen (secondary N) is 4. The van der Waals surface area contributed by atoms with Crippen LogP contribution < -0.4 is 31.7 Å². The second kappa shape index (κ2) is 14.7. The molecule has 5 aromatic rings. The average Bonchev–Trinajstić information content (AvgIpc) is 3.45. The van der Waals surface area contributed by atoms with E-state index < -0.39 is 18.0 Å². The molecule has 0 fully saturated rings. The van der Waals surface area contributed by atoms with Crippen LogP contribution in [0.1, 0.15) is 34.9 Å². The molecule has 236 valence electrons. The summed E-state index contributed by atoms with van der Waals surface area (Å²) in [5, 5.41) is 17.1. The number of aromatic nitrogens is 3. The van der Waals surface area contributed by atoms with Crippen LogP contribution >= 0.6 is 22.6 Å². The highest BCUT2D eigenvalue weighted by Gasteiger charge is 2.18. The number of anilines is 3. The number of pyridine rings is 1. The van der Waals surface area contributed by atoms with Crippen molar-refractivity contribution < 1.29 is 19.1 Å². The first-order valence-electron chi connectivity index (χ1n) is 14.6. The molecule has 0 spiro atoms. The van der Waals surface area contributed by atoms with Crippen molar-refractivity contribution in [1.82, 2.24) is 20.1 Å². The van der Waals surface area contributed by atoms with Gasteiger partial charge in [0.15, 0.2) is 0 Å². The van der Waals surface area contributed by atoms with Gasteiger partial charge in [-0.2, -0.15) is 5.10 Å². The molecule has 0 bridgehead atoms. The summed E-state index contributed by atoms with van der Waals surface area (Å²) < 4.78 is 8.13. The number of hydrogen-bond donors (Lipinski definition) is 5. The third-order valence-electron chi connectivity index (χ3n) is 6.89. The minimum Gasteiger partial charge on any atom is -0.457 e. The molecule has 12 nitrogen and oxygen atoms in total. The summed E-state index contributed by atoms with van der Waals surface area (Å²) in [6.45, 7) is 3.87. The van der Waals surface area contributed by atoms with Crippen molar-refractivity contribution >= 4 is 68.7 Å². The van der Waals surface area contributed by atoms with Gasteiger partial charge in [0.2, 0.25) is 5.91 Å². The van der Waals surface area contributed by atoms with Gasteiger partial charge in [-0.05, 0) is 43.7 Å². The van der Waals surface area contributed by atoms with Crippen LogP contribution in [0.2, 0.25) is 0 Å². The van der Waals surface area contributed by atoms with Crippen LogP contribution in [0, 0.1) is 6.92 Å². The number of aryl methyl sites for hydroxylation is 1. The Labute approximate surface area is 279 Å². The molecular weight excluding hydrogens is 699 g/mol. The smallest absolute Gasteiger partial charge is 0.324 e. The van der Waals surface area contributed by atoms with Gasteiger partial charge in [0.1, 0.15) is 23.1 Å². The van der Waals surface area contributed by atoms with E-state index in [0.717, 1.165) is 40.6 Å². The summed E-state index contributed by atoms with van der Waals surface area (Å²) in [6, 6.07) is 22.9. The fraction of sp³-hybridized carbons (Fsp3) is 0.182. The summed E-state index contributed by atoms with van der Waals surface area (Å²) in [5.41, 5.74) is 8.48. The highest BCUT2D eigenvalue weighted by atomic mass is 127. The number of carbonyl (C=O) groups is 3. The highest BCUT2D eigenvalue weighted by molar-refractivity contribution is 14.1. The number of primary amides is 1. The number of halogens is 1. The molecule has 46 heavy (non-hydrogen) atoms. The number of benzene rings is 3. The number of alkyl halides is 1. The van der Waals surface area contributed by atoms with Crippen LogP contribution in [0.4, 0.5) is 26.9 Å². The van der Waals surface area contributed by atoms with E-state index in [1.165, 1.54) is 6.20 Å². The maximum atomic E-state index is 13.4. The second-order valence-corrected chi connectivity index (χ2v) is 11.9. The van der Waals surface area contributed by atoms with Crippen LogP contribution in [-0.4, -0.2) is 39.3 Å². The van der Waals surface area contributed by atoms with Gasteiger partial charge in [0, 0.05) is 29.1 Å². The lowest BCUT2D eigenvalue weighted by Crippen LogP contribution is -2.36. The number of carbonyl (C=O) groups excluding carboxylic acids is 3. The first kappa shape index (κ1) is 32.2. The first-order valence-corrected chi connectivity index (χ1v) is 15.8. The second-order valence-electron chi connectivity index (χ2n) is 10.4. The zero-order chi connectivity index (χ0) is 32.6. The Kier molecular flexibility index (Phi) is 10.3. The van der Waals surface area contributed by atoms with Crippen LogP contribution in [-0.2, 0) is 4.79 Å². The van der Waals surface area contributed by atoms with Crippen LogP contribution in [0.25, 0.3) is 16.5 Å². The minimum absolute atomic E-state index is 0.209. The van der Waals surface area contributed by atoms with E-state index in [9.17, 15) is 14.4 Å². The summed E-state index contributed by atoms with van der Waals surface area (Å²) in [7, 11) is 0. The normalized spacial score (nSPS) is 11.5. The standard InChI is InChI=1S/C33H33IN8O4/c1-3-6-25(34)27-18-30(42(41-27)21-11-9-20(2)10-12-21)40-33(45)38-26-13-14-28(24-8-5-4-7-23(24)26)46-22-15-16-36-29(17-22)39-31(43)19-37-32(35)44/h4-5,7-18,25H,3,6,19H2,1-2H3,(H3,35,37,44)(H,36,39,43)(H2,38,40,45). The van der Waals surface area contributed by atoms with Crippen molar-refractivity contribution in [2.45, 2.75) is 30.6 Å². The van der Waals surface area contributed by atoms with E-state index in [4.69, 9.17) is 15.6 Å². The van der Waals surface area contributed by atoms with Gasteiger partial charge in [0.05, 0.1) is 27.5 Å². The van der Waals surface area contributed by atoms with E-state index in [2.05, 4.69) is 55.8 Å². The topological polar surface area (TPSA) is 165 Å². The van der Waals surface area contributed by atoms with Gasteiger partial charge < -0.3 is 26.4 Å². The number of rotatable bonds is 11. The van der Waals surface area contributed by atoms with E-state index in [1.807, 2.05) is 61.5 Å². The highest BCUT2D eigenvalue weighted by Crippen LogP contribution is 2.35. The van der Waals surface area contributed by atoms with E-state index in [-0.39, 0.29) is 16.3 Å². The Morgan fingerprint density at radius 3 is 2.46 bits per heavy atom. The average molecular weight is 733 g/mol. The van der Waals surface area contributed by atoms with Crippen molar-refractivity contribution in [2.75, 3.05) is 22.5 Å². The number of nitrogens with two attached hydrogens (primary N) is 1. The maximum absolute atomic E-state index is 13.4. The van der Waals surface area contributed by atoms with Gasteiger partial charge in [-0.25, -0.2) is 19.3 Å². The van der Waals surface area contributed by atoms with Crippen LogP contribution in [0.15, 0.2) is 85.1 Å². The molecule has 0 saturated carbocycles. The Bertz CT molecular complexity index is 1880. The van der Waals surface area contributed by atoms with Gasteiger partial charge >= 0.3 is 12.1 Å². The molecule has 0 saturated heterocycles. The number of urea groups is 2. The van der Waals surface area contributed by atoms with Gasteiger partial charge in [-0.1, -0.05) is 77.9 Å². The van der Waals surface area contributed by atoms with Gasteiger partial charge in [-0.15, -0.1) is 0 Å². The Morgan fingerprint density at radius 1 is 0.957 bits per heavy atom. The number of nitrogens with zero attached hydrogens (tertiary/aromatic N) is 3. The number of hydrogen-bond acceptors (Lipinski definition) is 6. The summed E-state index contributed by atoms with van der Waals surface area (Å²) in [6.07, 6.45) is 3.49. The van der Waals surface area contributed by atoms with Crippen molar-refractivity contribution in [1.29, 1.82) is 0 Å². The molecule has 6 N–H and O–H groups in total. The molecular formula is C33H33IN8O4. The van der Waals surface area contributed by atoms with Gasteiger partial charge in [-0.3, -0.25) is 10.1 Å². The Balaban J connectivity index is 1.35. The monoisotopic (exact) mass is 732 g/mol. The predicted molar refractivity (Wildman–Crippen MR) is 187 cm³/mol. The fourth-order valence-corrected chi connectivity index (χ4v) is 5.62. The van der Waals surface area contributed by atoms with E-state index in [1.54, 1.807) is 28.9 Å². The van der Waals surface area contributed by atoms with Crippen molar-refractivity contribution in [3.63, 3.8) is 0 Å². The van der Waals surface area contributed by atoms with Crippen molar-refractivity contribution in [3.8, 4) is 17.2 Å². The van der Waals surface area contributed by atoms with Crippen LogP contribution in [0.3, 0.4) is 0 Å². The molecule has 5 rings (SSSR count). The summed E-state index contributed by atoms with van der Waals surface area (Å²) in [4.78, 5) is 40.4. The molecule has 2 aromatic heterocycles. The molecule has 0 aliphatic carbocycles. The minimum atomic E-state index is -0.803. The lowest BCUT2D eigenvalue weighted by molar-refractivity contribution is -0.115. The zero-order valence-corrected chi connectivity index (χ0v) is 27.4. The largest absolute Gasteiger partial charge is 0.457 e. The molecule has 13 heteroatoms. The Hall–Kier alpha value is -5.18. The van der Waals surface area contributed by atoms with E-state index >= 15 is 0 Å². The van der Waals surface area contributed by atoms with Crippen molar-refractivity contribution in [2.24, 2.45) is 5.73 Å².